The standard InChI is InChI=1S/C15H20BrF3N2O/c16-13-2-1-12(14(9-13)22-15(17,18)19)5-8-21-6-3-11(10-20)4-7-21/h1-2,9,11H,3-8,10,20H2. The van der Waals surface area contributed by atoms with Crippen LogP contribution in [0.15, 0.2) is 22.7 Å². The number of rotatable bonds is 5. The Kier molecular flexibility index (Phi) is 6.11. The fourth-order valence-corrected chi connectivity index (χ4v) is 3.02. The minimum absolute atomic E-state index is 0.126. The molecule has 2 N–H and O–H groups in total. The molecule has 0 aromatic heterocycles. The normalized spacial score (nSPS) is 17.7. The minimum atomic E-state index is -4.67. The molecule has 1 fully saturated rings. The summed E-state index contributed by atoms with van der Waals surface area (Å²) in [7, 11) is 0. The van der Waals surface area contributed by atoms with Crippen LogP contribution in [0, 0.1) is 5.92 Å². The number of piperidine rings is 1. The lowest BCUT2D eigenvalue weighted by atomic mass is 9.97. The Morgan fingerprint density at radius 2 is 1.95 bits per heavy atom. The SMILES string of the molecule is NCC1CCN(CCc2ccc(Br)cc2OC(F)(F)F)CC1. The highest BCUT2D eigenvalue weighted by atomic mass is 79.9. The molecule has 124 valence electrons. The lowest BCUT2D eigenvalue weighted by Gasteiger charge is -2.31. The molecule has 2 rings (SSSR count). The second kappa shape index (κ2) is 7.66. The van der Waals surface area contributed by atoms with Crippen molar-refractivity contribution in [3.8, 4) is 5.75 Å². The number of hydrogen-bond donors (Lipinski definition) is 1. The summed E-state index contributed by atoms with van der Waals surface area (Å²) >= 11 is 3.18. The van der Waals surface area contributed by atoms with Crippen LogP contribution in [0.3, 0.4) is 0 Å². The van der Waals surface area contributed by atoms with Gasteiger partial charge in [0, 0.05) is 11.0 Å². The third-order valence-electron chi connectivity index (χ3n) is 3.99. The Morgan fingerprint density at radius 1 is 1.27 bits per heavy atom. The summed E-state index contributed by atoms with van der Waals surface area (Å²) in [5.41, 5.74) is 6.23. The van der Waals surface area contributed by atoms with E-state index in [1.807, 2.05) is 0 Å². The lowest BCUT2D eigenvalue weighted by Crippen LogP contribution is -2.37. The van der Waals surface area contributed by atoms with E-state index in [1.54, 1.807) is 12.1 Å². The zero-order chi connectivity index (χ0) is 16.2. The maximum atomic E-state index is 12.5. The summed E-state index contributed by atoms with van der Waals surface area (Å²) in [5, 5.41) is 0. The number of halogens is 4. The molecule has 0 radical (unpaired) electrons. The van der Waals surface area contributed by atoms with Crippen molar-refractivity contribution < 1.29 is 17.9 Å². The number of alkyl halides is 3. The van der Waals surface area contributed by atoms with Crippen molar-refractivity contribution in [1.29, 1.82) is 0 Å². The predicted octanol–water partition coefficient (Wildman–Crippen LogP) is 3.56. The number of benzene rings is 1. The van der Waals surface area contributed by atoms with Crippen molar-refractivity contribution in [2.75, 3.05) is 26.2 Å². The molecule has 1 saturated heterocycles. The van der Waals surface area contributed by atoms with Gasteiger partial charge in [0.1, 0.15) is 5.75 Å². The third-order valence-corrected chi connectivity index (χ3v) is 4.49. The second-order valence-corrected chi connectivity index (χ2v) is 6.49. The number of likely N-dealkylation sites (tertiary alicyclic amines) is 1. The van der Waals surface area contributed by atoms with Crippen LogP contribution >= 0.6 is 15.9 Å². The van der Waals surface area contributed by atoms with Crippen LogP contribution in [0.1, 0.15) is 18.4 Å². The number of nitrogens with zero attached hydrogens (tertiary/aromatic N) is 1. The minimum Gasteiger partial charge on any atom is -0.405 e. The number of ether oxygens (including phenoxy) is 1. The highest BCUT2D eigenvalue weighted by Gasteiger charge is 2.32. The molecule has 0 spiro atoms. The molecule has 3 nitrogen and oxygen atoms in total. The van der Waals surface area contributed by atoms with Crippen LogP contribution in [-0.2, 0) is 6.42 Å². The summed E-state index contributed by atoms with van der Waals surface area (Å²) in [6.45, 7) is 3.35. The maximum Gasteiger partial charge on any atom is 0.573 e. The van der Waals surface area contributed by atoms with E-state index in [0.717, 1.165) is 32.5 Å². The van der Waals surface area contributed by atoms with Gasteiger partial charge in [0.2, 0.25) is 0 Å². The Hall–Kier alpha value is -0.790. The van der Waals surface area contributed by atoms with Gasteiger partial charge in [0.25, 0.3) is 0 Å². The van der Waals surface area contributed by atoms with Crippen LogP contribution in [0.2, 0.25) is 0 Å². The van der Waals surface area contributed by atoms with Gasteiger partial charge in [0.15, 0.2) is 0 Å². The average molecular weight is 381 g/mol. The molecule has 0 atom stereocenters. The Morgan fingerprint density at radius 3 is 2.55 bits per heavy atom. The van der Waals surface area contributed by atoms with E-state index in [4.69, 9.17) is 5.73 Å². The second-order valence-electron chi connectivity index (χ2n) is 5.57. The first-order chi connectivity index (χ1) is 10.4. The van der Waals surface area contributed by atoms with E-state index in [1.165, 1.54) is 6.07 Å². The van der Waals surface area contributed by atoms with Crippen LogP contribution < -0.4 is 10.5 Å². The fraction of sp³-hybridized carbons (Fsp3) is 0.600. The molecular weight excluding hydrogens is 361 g/mol. The van der Waals surface area contributed by atoms with Gasteiger partial charge in [-0.15, -0.1) is 13.2 Å². The van der Waals surface area contributed by atoms with E-state index >= 15 is 0 Å². The van der Waals surface area contributed by atoms with Crippen molar-refractivity contribution >= 4 is 15.9 Å². The first kappa shape index (κ1) is 17.6. The van der Waals surface area contributed by atoms with Crippen LogP contribution in [-0.4, -0.2) is 37.4 Å². The highest BCUT2D eigenvalue weighted by Crippen LogP contribution is 2.30. The summed E-state index contributed by atoms with van der Waals surface area (Å²) < 4.78 is 42.1. The first-order valence-electron chi connectivity index (χ1n) is 7.34. The van der Waals surface area contributed by atoms with Crippen molar-refractivity contribution in [3.63, 3.8) is 0 Å². The molecule has 0 unspecified atom stereocenters. The summed E-state index contributed by atoms with van der Waals surface area (Å²) in [4.78, 5) is 2.27. The molecule has 0 aliphatic carbocycles. The molecule has 1 aromatic rings. The fourth-order valence-electron chi connectivity index (χ4n) is 2.68. The molecule has 0 amide bonds. The molecule has 0 bridgehead atoms. The quantitative estimate of drug-likeness (QED) is 0.848. The first-order valence-corrected chi connectivity index (χ1v) is 8.13. The summed E-state index contributed by atoms with van der Waals surface area (Å²) in [6, 6.07) is 4.78. The number of hydrogen-bond acceptors (Lipinski definition) is 3. The Balaban J connectivity index is 1.95. The van der Waals surface area contributed by atoms with E-state index < -0.39 is 6.36 Å². The van der Waals surface area contributed by atoms with Gasteiger partial charge < -0.3 is 15.4 Å². The zero-order valence-electron chi connectivity index (χ0n) is 12.2. The molecule has 1 aromatic carbocycles. The zero-order valence-corrected chi connectivity index (χ0v) is 13.8. The van der Waals surface area contributed by atoms with Gasteiger partial charge >= 0.3 is 6.36 Å². The van der Waals surface area contributed by atoms with Crippen molar-refractivity contribution in [2.45, 2.75) is 25.6 Å². The molecule has 7 heteroatoms. The molecule has 1 aliphatic rings. The monoisotopic (exact) mass is 380 g/mol. The molecule has 0 saturated carbocycles. The Labute approximate surface area is 136 Å². The predicted molar refractivity (Wildman–Crippen MR) is 82.7 cm³/mol. The summed E-state index contributed by atoms with van der Waals surface area (Å²) in [5.74, 6) is 0.451. The molecular formula is C15H20BrF3N2O. The van der Waals surface area contributed by atoms with E-state index in [0.29, 0.717) is 28.9 Å². The van der Waals surface area contributed by atoms with Gasteiger partial charge in [-0.25, -0.2) is 0 Å². The van der Waals surface area contributed by atoms with E-state index in [2.05, 4.69) is 25.6 Å². The molecule has 22 heavy (non-hydrogen) atoms. The molecule has 1 aliphatic heterocycles. The van der Waals surface area contributed by atoms with Crippen LogP contribution in [0.5, 0.6) is 5.75 Å². The lowest BCUT2D eigenvalue weighted by molar-refractivity contribution is -0.274. The largest absolute Gasteiger partial charge is 0.573 e. The van der Waals surface area contributed by atoms with Crippen molar-refractivity contribution in [1.82, 2.24) is 4.90 Å². The smallest absolute Gasteiger partial charge is 0.405 e. The van der Waals surface area contributed by atoms with Crippen molar-refractivity contribution in [2.24, 2.45) is 11.7 Å². The topological polar surface area (TPSA) is 38.5 Å². The van der Waals surface area contributed by atoms with E-state index in [9.17, 15) is 13.2 Å². The van der Waals surface area contributed by atoms with Gasteiger partial charge in [-0.2, -0.15) is 0 Å². The van der Waals surface area contributed by atoms with Crippen LogP contribution in [0.25, 0.3) is 0 Å². The Bertz CT molecular complexity index is 488. The van der Waals surface area contributed by atoms with E-state index in [-0.39, 0.29) is 5.75 Å². The van der Waals surface area contributed by atoms with Gasteiger partial charge in [-0.1, -0.05) is 22.0 Å². The third kappa shape index (κ3) is 5.44. The van der Waals surface area contributed by atoms with Gasteiger partial charge in [-0.3, -0.25) is 0 Å². The van der Waals surface area contributed by atoms with Gasteiger partial charge in [0.05, 0.1) is 0 Å². The van der Waals surface area contributed by atoms with Crippen LogP contribution in [0.4, 0.5) is 13.2 Å². The number of nitrogens with two attached hydrogens (primary N) is 1. The average Bonchev–Trinajstić information content (AvgIpc) is 2.45. The van der Waals surface area contributed by atoms with Crippen molar-refractivity contribution in [3.05, 3.63) is 28.2 Å². The van der Waals surface area contributed by atoms with Gasteiger partial charge in [-0.05, 0) is 62.5 Å². The maximum absolute atomic E-state index is 12.5. The summed E-state index contributed by atoms with van der Waals surface area (Å²) in [6.07, 6.45) is -2.02. The highest BCUT2D eigenvalue weighted by molar-refractivity contribution is 9.10. The molecule has 1 heterocycles.